The summed E-state index contributed by atoms with van der Waals surface area (Å²) in [6.07, 6.45) is 4.44. The molecule has 1 aliphatic rings. The molecule has 1 heterocycles. The molecule has 0 aromatic heterocycles. The monoisotopic (exact) mass is 157 g/mol. The van der Waals surface area contributed by atoms with Crippen LogP contribution in [0.2, 0.25) is 0 Å². The smallest absolute Gasteiger partial charge is 0.0553 e. The molecule has 0 aromatic carbocycles. The third kappa shape index (κ3) is 2.80. The van der Waals surface area contributed by atoms with Crippen LogP contribution in [0.15, 0.2) is 0 Å². The summed E-state index contributed by atoms with van der Waals surface area (Å²) in [5.74, 6) is 0.804. The molecule has 1 aliphatic heterocycles. The summed E-state index contributed by atoms with van der Waals surface area (Å²) in [5, 5.41) is 0. The van der Waals surface area contributed by atoms with E-state index in [4.69, 9.17) is 10.5 Å². The summed E-state index contributed by atoms with van der Waals surface area (Å²) in [6.45, 7) is 5.13. The first kappa shape index (κ1) is 9.01. The summed E-state index contributed by atoms with van der Waals surface area (Å²) in [4.78, 5) is 0. The molecule has 0 aromatic rings. The molecule has 2 N–H and O–H groups in total. The largest absolute Gasteiger partial charge is 0.376 e. The van der Waals surface area contributed by atoms with Gasteiger partial charge >= 0.3 is 0 Å². The fourth-order valence-corrected chi connectivity index (χ4v) is 2.01. The maximum atomic E-state index is 5.62. The maximum Gasteiger partial charge on any atom is 0.0553 e. The van der Waals surface area contributed by atoms with E-state index >= 15 is 0 Å². The Balaban J connectivity index is 2.30. The average Bonchev–Trinajstić information content (AvgIpc) is 1.85. The molecule has 0 bridgehead atoms. The Morgan fingerprint density at radius 1 is 1.27 bits per heavy atom. The van der Waals surface area contributed by atoms with Crippen LogP contribution >= 0.6 is 0 Å². The molecule has 0 radical (unpaired) electrons. The van der Waals surface area contributed by atoms with E-state index in [2.05, 4.69) is 13.8 Å². The van der Waals surface area contributed by atoms with Crippen molar-refractivity contribution in [3.8, 4) is 0 Å². The molecule has 0 spiro atoms. The molecule has 2 unspecified atom stereocenters. The van der Waals surface area contributed by atoms with E-state index in [0.29, 0.717) is 12.2 Å². The van der Waals surface area contributed by atoms with Crippen molar-refractivity contribution in [3.63, 3.8) is 0 Å². The van der Waals surface area contributed by atoms with Gasteiger partial charge in [-0.25, -0.2) is 0 Å². The Morgan fingerprint density at radius 3 is 2.27 bits per heavy atom. The van der Waals surface area contributed by atoms with Crippen molar-refractivity contribution in [3.05, 3.63) is 0 Å². The van der Waals surface area contributed by atoms with Gasteiger partial charge in [-0.2, -0.15) is 0 Å². The Labute approximate surface area is 69.1 Å². The lowest BCUT2D eigenvalue weighted by atomic mass is 9.90. The maximum absolute atomic E-state index is 5.62. The highest BCUT2D eigenvalue weighted by Crippen LogP contribution is 2.26. The molecule has 11 heavy (non-hydrogen) atoms. The van der Waals surface area contributed by atoms with Crippen LogP contribution in [0.4, 0.5) is 0 Å². The Hall–Kier alpha value is -0.0800. The second kappa shape index (κ2) is 4.07. The van der Waals surface area contributed by atoms with Gasteiger partial charge in [-0.1, -0.05) is 0 Å². The average molecular weight is 157 g/mol. The third-order valence-electron chi connectivity index (χ3n) is 2.37. The topological polar surface area (TPSA) is 35.2 Å². The highest BCUT2D eigenvalue weighted by Gasteiger charge is 2.23. The predicted molar refractivity (Wildman–Crippen MR) is 46.4 cm³/mol. The molecule has 0 aliphatic carbocycles. The zero-order valence-corrected chi connectivity index (χ0v) is 7.55. The lowest BCUT2D eigenvalue weighted by Crippen LogP contribution is -2.30. The minimum atomic E-state index is 0.440. The fraction of sp³-hybridized carbons (Fsp3) is 1.00. The van der Waals surface area contributed by atoms with Crippen molar-refractivity contribution in [1.82, 2.24) is 0 Å². The van der Waals surface area contributed by atoms with E-state index < -0.39 is 0 Å². The van der Waals surface area contributed by atoms with Gasteiger partial charge in [0.1, 0.15) is 0 Å². The van der Waals surface area contributed by atoms with E-state index in [-0.39, 0.29) is 0 Å². The summed E-state index contributed by atoms with van der Waals surface area (Å²) in [6, 6.07) is 0. The number of rotatable bonds is 2. The van der Waals surface area contributed by atoms with Crippen molar-refractivity contribution >= 4 is 0 Å². The molecule has 1 fully saturated rings. The molecule has 1 saturated heterocycles. The molecule has 1 rings (SSSR count). The minimum absolute atomic E-state index is 0.440. The first-order valence-electron chi connectivity index (χ1n) is 4.58. The van der Waals surface area contributed by atoms with Crippen LogP contribution < -0.4 is 5.73 Å². The lowest BCUT2D eigenvalue weighted by molar-refractivity contribution is -0.0529. The van der Waals surface area contributed by atoms with E-state index in [1.807, 2.05) is 0 Å². The Bertz CT molecular complexity index is 106. The predicted octanol–water partition coefficient (Wildman–Crippen LogP) is 1.54. The number of hydrogen-bond donors (Lipinski definition) is 1. The normalized spacial score (nSPS) is 39.0. The first-order chi connectivity index (χ1) is 5.22. The van der Waals surface area contributed by atoms with Gasteiger partial charge in [0.05, 0.1) is 12.2 Å². The van der Waals surface area contributed by atoms with Gasteiger partial charge in [0.2, 0.25) is 0 Å². The van der Waals surface area contributed by atoms with E-state index in [1.165, 1.54) is 12.8 Å². The van der Waals surface area contributed by atoms with Crippen LogP contribution in [0.3, 0.4) is 0 Å². The van der Waals surface area contributed by atoms with Crippen LogP contribution in [-0.2, 0) is 4.74 Å². The van der Waals surface area contributed by atoms with E-state index in [0.717, 1.165) is 18.9 Å². The molecular weight excluding hydrogens is 138 g/mol. The van der Waals surface area contributed by atoms with Gasteiger partial charge in [-0.3, -0.25) is 0 Å². The minimum Gasteiger partial charge on any atom is -0.376 e. The van der Waals surface area contributed by atoms with Gasteiger partial charge in [-0.15, -0.1) is 0 Å². The first-order valence-corrected chi connectivity index (χ1v) is 4.58. The van der Waals surface area contributed by atoms with Crippen LogP contribution in [0.5, 0.6) is 0 Å². The second-order valence-electron chi connectivity index (χ2n) is 3.67. The molecule has 2 nitrogen and oxygen atoms in total. The van der Waals surface area contributed by atoms with Crippen LogP contribution in [0.1, 0.15) is 33.1 Å². The van der Waals surface area contributed by atoms with Gasteiger partial charge in [0.15, 0.2) is 0 Å². The third-order valence-corrected chi connectivity index (χ3v) is 2.37. The van der Waals surface area contributed by atoms with Crippen molar-refractivity contribution in [2.75, 3.05) is 6.54 Å². The van der Waals surface area contributed by atoms with Crippen molar-refractivity contribution in [1.29, 1.82) is 0 Å². The summed E-state index contributed by atoms with van der Waals surface area (Å²) in [5.41, 5.74) is 5.51. The van der Waals surface area contributed by atoms with Gasteiger partial charge in [0, 0.05) is 0 Å². The summed E-state index contributed by atoms with van der Waals surface area (Å²) < 4.78 is 5.62. The van der Waals surface area contributed by atoms with Crippen LogP contribution in [0, 0.1) is 5.92 Å². The highest BCUT2D eigenvalue weighted by molar-refractivity contribution is 4.73. The van der Waals surface area contributed by atoms with E-state index in [1.54, 1.807) is 0 Å². The SMILES string of the molecule is CC1CC(CCN)CC(C)O1. The van der Waals surface area contributed by atoms with Crippen molar-refractivity contribution in [2.24, 2.45) is 11.7 Å². The quantitative estimate of drug-likeness (QED) is 0.660. The zero-order valence-electron chi connectivity index (χ0n) is 7.55. The zero-order chi connectivity index (χ0) is 8.27. The van der Waals surface area contributed by atoms with Gasteiger partial charge < -0.3 is 10.5 Å². The summed E-state index contributed by atoms with van der Waals surface area (Å²) in [7, 11) is 0. The second-order valence-corrected chi connectivity index (χ2v) is 3.67. The van der Waals surface area contributed by atoms with E-state index in [9.17, 15) is 0 Å². The number of nitrogens with two attached hydrogens (primary N) is 1. The van der Waals surface area contributed by atoms with Crippen molar-refractivity contribution < 1.29 is 4.74 Å². The molecule has 0 amide bonds. The van der Waals surface area contributed by atoms with Crippen LogP contribution in [-0.4, -0.2) is 18.8 Å². The van der Waals surface area contributed by atoms with Crippen molar-refractivity contribution in [2.45, 2.75) is 45.3 Å². The van der Waals surface area contributed by atoms with Gasteiger partial charge in [-0.05, 0) is 45.6 Å². The highest BCUT2D eigenvalue weighted by atomic mass is 16.5. The lowest BCUT2D eigenvalue weighted by Gasteiger charge is -2.31. The summed E-state index contributed by atoms with van der Waals surface area (Å²) >= 11 is 0. The molecule has 2 atom stereocenters. The standard InChI is InChI=1S/C9H19NO/c1-7-5-9(3-4-10)6-8(2)11-7/h7-9H,3-6,10H2,1-2H3. The molecule has 0 saturated carbocycles. The molecular formula is C9H19NO. The fourth-order valence-electron chi connectivity index (χ4n) is 2.01. The number of hydrogen-bond acceptors (Lipinski definition) is 2. The Kier molecular flexibility index (Phi) is 3.34. The number of ether oxygens (including phenoxy) is 1. The van der Waals surface area contributed by atoms with Gasteiger partial charge in [0.25, 0.3) is 0 Å². The van der Waals surface area contributed by atoms with Crippen LogP contribution in [0.25, 0.3) is 0 Å². The molecule has 66 valence electrons. The molecule has 2 heteroatoms. The Morgan fingerprint density at radius 2 is 1.82 bits per heavy atom.